The van der Waals surface area contributed by atoms with Crippen LogP contribution in [-0.2, 0) is 4.79 Å². The molecule has 0 aromatic heterocycles. The fourth-order valence-electron chi connectivity index (χ4n) is 2.49. The van der Waals surface area contributed by atoms with Gasteiger partial charge in [-0.2, -0.15) is 0 Å². The van der Waals surface area contributed by atoms with Gasteiger partial charge in [-0.25, -0.2) is 0 Å². The highest BCUT2D eigenvalue weighted by Gasteiger charge is 2.33. The summed E-state index contributed by atoms with van der Waals surface area (Å²) in [5, 5.41) is 3.20. The molecule has 100 valence electrons. The van der Waals surface area contributed by atoms with Gasteiger partial charge in [-0.3, -0.25) is 4.79 Å². The second kappa shape index (κ2) is 5.36. The summed E-state index contributed by atoms with van der Waals surface area (Å²) in [6.45, 7) is 12.5. The Hall–Kier alpha value is -0.610. The Morgan fingerprint density at radius 2 is 2.18 bits per heavy atom. The average molecular weight is 241 g/mol. The van der Waals surface area contributed by atoms with Crippen LogP contribution in [0.1, 0.15) is 40.5 Å². The minimum atomic E-state index is -0.568. The van der Waals surface area contributed by atoms with Crippen molar-refractivity contribution in [3.8, 4) is 0 Å². The van der Waals surface area contributed by atoms with E-state index in [9.17, 15) is 4.79 Å². The molecule has 0 aliphatic carbocycles. The standard InChI is InChI=1S/C13H27N3O/c1-5-15-13(4,11(14)17)7-9-16-8-6-12(2,3)10-16/h15H,5-10H2,1-4H3,(H2,14,17). The lowest BCUT2D eigenvalue weighted by atomic mass is 9.93. The van der Waals surface area contributed by atoms with Gasteiger partial charge in [0.2, 0.25) is 5.91 Å². The molecule has 0 aromatic carbocycles. The van der Waals surface area contributed by atoms with Crippen molar-refractivity contribution in [2.45, 2.75) is 46.1 Å². The van der Waals surface area contributed by atoms with Gasteiger partial charge in [0, 0.05) is 13.1 Å². The number of nitrogens with zero attached hydrogens (tertiary/aromatic N) is 1. The van der Waals surface area contributed by atoms with E-state index in [-0.39, 0.29) is 5.91 Å². The molecule has 0 spiro atoms. The van der Waals surface area contributed by atoms with Gasteiger partial charge in [0.25, 0.3) is 0 Å². The predicted molar refractivity (Wildman–Crippen MR) is 70.7 cm³/mol. The summed E-state index contributed by atoms with van der Waals surface area (Å²) in [6.07, 6.45) is 2.02. The van der Waals surface area contributed by atoms with Crippen molar-refractivity contribution in [3.63, 3.8) is 0 Å². The van der Waals surface area contributed by atoms with Gasteiger partial charge in [-0.15, -0.1) is 0 Å². The van der Waals surface area contributed by atoms with Crippen molar-refractivity contribution in [2.24, 2.45) is 11.1 Å². The molecule has 1 amide bonds. The maximum absolute atomic E-state index is 11.5. The highest BCUT2D eigenvalue weighted by Crippen LogP contribution is 2.29. The van der Waals surface area contributed by atoms with Gasteiger partial charge in [0.15, 0.2) is 0 Å². The smallest absolute Gasteiger partial charge is 0.237 e. The normalized spacial score (nSPS) is 23.5. The molecule has 0 saturated carbocycles. The van der Waals surface area contributed by atoms with Crippen LogP contribution < -0.4 is 11.1 Å². The molecule has 0 bridgehead atoms. The zero-order valence-corrected chi connectivity index (χ0v) is 11.7. The summed E-state index contributed by atoms with van der Waals surface area (Å²) >= 11 is 0. The lowest BCUT2D eigenvalue weighted by Gasteiger charge is -2.29. The van der Waals surface area contributed by atoms with Crippen molar-refractivity contribution in [2.75, 3.05) is 26.2 Å². The van der Waals surface area contributed by atoms with E-state index in [1.807, 2.05) is 13.8 Å². The third-order valence-electron chi connectivity index (χ3n) is 3.80. The van der Waals surface area contributed by atoms with Crippen LogP contribution in [0.4, 0.5) is 0 Å². The number of primary amides is 1. The Kier molecular flexibility index (Phi) is 4.55. The lowest BCUT2D eigenvalue weighted by molar-refractivity contribution is -0.124. The summed E-state index contributed by atoms with van der Waals surface area (Å²) in [5.74, 6) is -0.252. The van der Waals surface area contributed by atoms with Gasteiger partial charge in [0.1, 0.15) is 0 Å². The van der Waals surface area contributed by atoms with E-state index in [0.717, 1.165) is 32.6 Å². The van der Waals surface area contributed by atoms with Crippen molar-refractivity contribution < 1.29 is 4.79 Å². The highest BCUT2D eigenvalue weighted by molar-refractivity contribution is 5.84. The molecule has 0 aromatic rings. The van der Waals surface area contributed by atoms with Crippen LogP contribution in [0.25, 0.3) is 0 Å². The molecule has 4 nitrogen and oxygen atoms in total. The number of carbonyl (C=O) groups is 1. The molecule has 1 saturated heterocycles. The molecule has 0 radical (unpaired) electrons. The summed E-state index contributed by atoms with van der Waals surface area (Å²) < 4.78 is 0. The number of carbonyl (C=O) groups excluding carboxylic acids is 1. The minimum absolute atomic E-state index is 0.252. The zero-order valence-electron chi connectivity index (χ0n) is 11.7. The molecule has 1 atom stereocenters. The maximum Gasteiger partial charge on any atom is 0.237 e. The molecule has 4 heteroatoms. The van der Waals surface area contributed by atoms with Gasteiger partial charge in [0.05, 0.1) is 5.54 Å². The predicted octanol–water partition coefficient (Wildman–Crippen LogP) is 0.962. The third kappa shape index (κ3) is 3.96. The van der Waals surface area contributed by atoms with E-state index in [1.54, 1.807) is 0 Å². The number of hydrogen-bond donors (Lipinski definition) is 2. The minimum Gasteiger partial charge on any atom is -0.368 e. The van der Waals surface area contributed by atoms with E-state index >= 15 is 0 Å². The number of nitrogens with two attached hydrogens (primary N) is 1. The number of likely N-dealkylation sites (N-methyl/N-ethyl adjacent to an activating group) is 1. The van der Waals surface area contributed by atoms with Crippen molar-refractivity contribution >= 4 is 5.91 Å². The highest BCUT2D eigenvalue weighted by atomic mass is 16.1. The fraction of sp³-hybridized carbons (Fsp3) is 0.923. The number of rotatable bonds is 6. The summed E-state index contributed by atoms with van der Waals surface area (Å²) in [6, 6.07) is 0. The van der Waals surface area contributed by atoms with Crippen LogP contribution >= 0.6 is 0 Å². The van der Waals surface area contributed by atoms with Gasteiger partial charge >= 0.3 is 0 Å². The number of nitrogens with one attached hydrogen (secondary N) is 1. The SMILES string of the molecule is CCNC(C)(CCN1CCC(C)(C)C1)C(N)=O. The van der Waals surface area contributed by atoms with Crippen LogP contribution in [0.5, 0.6) is 0 Å². The second-order valence-electron chi connectivity index (χ2n) is 6.17. The number of likely N-dealkylation sites (tertiary alicyclic amines) is 1. The third-order valence-corrected chi connectivity index (χ3v) is 3.80. The van der Waals surface area contributed by atoms with Crippen LogP contribution in [0.2, 0.25) is 0 Å². The number of amides is 1. The van der Waals surface area contributed by atoms with Crippen molar-refractivity contribution in [1.82, 2.24) is 10.2 Å². The molecule has 1 unspecified atom stereocenters. The van der Waals surface area contributed by atoms with E-state index in [4.69, 9.17) is 5.73 Å². The van der Waals surface area contributed by atoms with Crippen molar-refractivity contribution in [1.29, 1.82) is 0 Å². The largest absolute Gasteiger partial charge is 0.368 e. The monoisotopic (exact) mass is 241 g/mol. The molecule has 1 heterocycles. The summed E-state index contributed by atoms with van der Waals surface area (Å²) in [4.78, 5) is 13.9. The van der Waals surface area contributed by atoms with Crippen LogP contribution in [-0.4, -0.2) is 42.5 Å². The van der Waals surface area contributed by atoms with Crippen LogP contribution in [0.15, 0.2) is 0 Å². The van der Waals surface area contributed by atoms with Gasteiger partial charge < -0.3 is 16.0 Å². The molecular weight excluding hydrogens is 214 g/mol. The summed E-state index contributed by atoms with van der Waals surface area (Å²) in [5.41, 5.74) is 5.33. The molecule has 1 aliphatic heterocycles. The topological polar surface area (TPSA) is 58.4 Å². The second-order valence-corrected chi connectivity index (χ2v) is 6.17. The molecule has 17 heavy (non-hydrogen) atoms. The van der Waals surface area contributed by atoms with E-state index < -0.39 is 5.54 Å². The fourth-order valence-corrected chi connectivity index (χ4v) is 2.49. The Morgan fingerprint density at radius 1 is 1.53 bits per heavy atom. The van der Waals surface area contributed by atoms with Crippen LogP contribution in [0.3, 0.4) is 0 Å². The van der Waals surface area contributed by atoms with Gasteiger partial charge in [-0.1, -0.05) is 20.8 Å². The molecule has 1 aliphatic rings. The zero-order chi connectivity index (χ0) is 13.1. The summed E-state index contributed by atoms with van der Waals surface area (Å²) in [7, 11) is 0. The quantitative estimate of drug-likeness (QED) is 0.728. The average Bonchev–Trinajstić information content (AvgIpc) is 2.56. The first kappa shape index (κ1) is 14.5. The lowest BCUT2D eigenvalue weighted by Crippen LogP contribution is -2.54. The molecular formula is C13H27N3O. The Balaban J connectivity index is 2.46. The van der Waals surface area contributed by atoms with Crippen LogP contribution in [0, 0.1) is 5.41 Å². The molecule has 1 fully saturated rings. The first-order valence-corrected chi connectivity index (χ1v) is 6.56. The van der Waals surface area contributed by atoms with E-state index in [2.05, 4.69) is 24.1 Å². The molecule has 3 N–H and O–H groups in total. The first-order chi connectivity index (χ1) is 7.79. The molecule has 1 rings (SSSR count). The Morgan fingerprint density at radius 3 is 2.59 bits per heavy atom. The Labute approximate surface area is 105 Å². The Bertz CT molecular complexity index is 278. The van der Waals surface area contributed by atoms with E-state index in [0.29, 0.717) is 5.41 Å². The first-order valence-electron chi connectivity index (χ1n) is 6.56. The van der Waals surface area contributed by atoms with Gasteiger partial charge in [-0.05, 0) is 38.3 Å². The van der Waals surface area contributed by atoms with E-state index in [1.165, 1.54) is 6.42 Å². The maximum atomic E-state index is 11.5. The van der Waals surface area contributed by atoms with Crippen molar-refractivity contribution in [3.05, 3.63) is 0 Å². The number of hydrogen-bond acceptors (Lipinski definition) is 3.